The molecule has 0 aliphatic carbocycles. The average Bonchev–Trinajstić information content (AvgIpc) is 2.48. The van der Waals surface area contributed by atoms with Crippen LogP contribution in [0.1, 0.15) is 6.92 Å². The number of rotatable bonds is 3. The van der Waals surface area contributed by atoms with Crippen molar-refractivity contribution in [2.24, 2.45) is 0 Å². The van der Waals surface area contributed by atoms with Gasteiger partial charge in [-0.3, -0.25) is 0 Å². The molecule has 0 saturated carbocycles. The minimum Gasteiger partial charge on any atom is -0.479 e. The van der Waals surface area contributed by atoms with Gasteiger partial charge in [-0.15, -0.1) is 0 Å². The van der Waals surface area contributed by atoms with Gasteiger partial charge in [0.25, 0.3) is 0 Å². The van der Waals surface area contributed by atoms with Crippen LogP contribution in [0.3, 0.4) is 0 Å². The third-order valence-electron chi connectivity index (χ3n) is 3.90. The van der Waals surface area contributed by atoms with Gasteiger partial charge >= 0.3 is 5.97 Å². The number of aliphatic carboxylic acids is 1. The number of aliphatic hydroxyl groups excluding tert-OH is 6. The summed E-state index contributed by atoms with van der Waals surface area (Å²) in [4.78, 5) is 11.0. The first-order valence-electron chi connectivity index (χ1n) is 6.92. The molecule has 23 heavy (non-hydrogen) atoms. The SMILES string of the molecule is C[C@@H]1O[C@@H](O)[C@@H](O)[C@H](O)[C@@H]1O[C@@H]1O[C@H](C(=O)O)[C@@H](O)[C@H](O)[C@H]1O. The predicted octanol–water partition coefficient (Wildman–Crippen LogP) is -4.28. The molecule has 10 atom stereocenters. The summed E-state index contributed by atoms with van der Waals surface area (Å²) in [6.07, 6.45) is -16.3. The van der Waals surface area contributed by atoms with Gasteiger partial charge in [0.15, 0.2) is 18.7 Å². The molecule has 0 aromatic rings. The second-order valence-corrected chi connectivity index (χ2v) is 5.55. The van der Waals surface area contributed by atoms with Crippen LogP contribution in [0.15, 0.2) is 0 Å². The Balaban J connectivity index is 2.12. The first kappa shape index (κ1) is 18.4. The number of hydrogen-bond donors (Lipinski definition) is 7. The topological polar surface area (TPSA) is 186 Å². The van der Waals surface area contributed by atoms with Gasteiger partial charge < -0.3 is 50.0 Å². The van der Waals surface area contributed by atoms with E-state index in [2.05, 4.69) is 0 Å². The molecular formula is C12H20O11. The Morgan fingerprint density at radius 1 is 0.870 bits per heavy atom. The van der Waals surface area contributed by atoms with Crippen LogP contribution in [-0.2, 0) is 19.0 Å². The van der Waals surface area contributed by atoms with Crippen LogP contribution in [-0.4, -0.2) is 103 Å². The van der Waals surface area contributed by atoms with Crippen LogP contribution in [0.2, 0.25) is 0 Å². The molecule has 0 unspecified atom stereocenters. The molecule has 11 heteroatoms. The van der Waals surface area contributed by atoms with Crippen molar-refractivity contribution in [1.82, 2.24) is 0 Å². The van der Waals surface area contributed by atoms with Gasteiger partial charge in [-0.05, 0) is 6.92 Å². The Hall–Kier alpha value is -0.890. The van der Waals surface area contributed by atoms with Gasteiger partial charge in [-0.2, -0.15) is 0 Å². The van der Waals surface area contributed by atoms with E-state index in [1.165, 1.54) is 6.92 Å². The lowest BCUT2D eigenvalue weighted by Crippen LogP contribution is -2.64. The molecule has 0 spiro atoms. The van der Waals surface area contributed by atoms with Gasteiger partial charge in [0.05, 0.1) is 6.10 Å². The molecule has 2 rings (SSSR count). The van der Waals surface area contributed by atoms with Crippen LogP contribution in [0.25, 0.3) is 0 Å². The lowest BCUT2D eigenvalue weighted by atomic mass is 9.97. The van der Waals surface area contributed by atoms with Crippen molar-refractivity contribution in [1.29, 1.82) is 0 Å². The third-order valence-corrected chi connectivity index (χ3v) is 3.90. The van der Waals surface area contributed by atoms with Crippen molar-refractivity contribution in [2.75, 3.05) is 0 Å². The highest BCUT2D eigenvalue weighted by atomic mass is 16.7. The molecule has 11 nitrogen and oxygen atoms in total. The summed E-state index contributed by atoms with van der Waals surface area (Å²) < 4.78 is 15.1. The smallest absolute Gasteiger partial charge is 0.335 e. The van der Waals surface area contributed by atoms with E-state index in [1.807, 2.05) is 0 Å². The van der Waals surface area contributed by atoms with E-state index in [4.69, 9.17) is 19.3 Å². The number of hydrogen-bond acceptors (Lipinski definition) is 10. The number of aliphatic hydroxyl groups is 6. The first-order chi connectivity index (χ1) is 10.6. The minimum atomic E-state index is -1.88. The highest BCUT2D eigenvalue weighted by Gasteiger charge is 2.51. The van der Waals surface area contributed by atoms with Crippen LogP contribution in [0.4, 0.5) is 0 Å². The van der Waals surface area contributed by atoms with Crippen molar-refractivity contribution < 1.29 is 54.8 Å². The molecule has 0 bridgehead atoms. The molecular weight excluding hydrogens is 320 g/mol. The number of carboxylic acid groups (broad SMARTS) is 1. The second kappa shape index (κ2) is 6.93. The highest BCUT2D eigenvalue weighted by molar-refractivity contribution is 5.73. The zero-order valence-corrected chi connectivity index (χ0v) is 12.0. The lowest BCUT2D eigenvalue weighted by molar-refractivity contribution is -0.347. The van der Waals surface area contributed by atoms with Gasteiger partial charge in [0, 0.05) is 0 Å². The third kappa shape index (κ3) is 3.47. The fourth-order valence-electron chi connectivity index (χ4n) is 2.53. The van der Waals surface area contributed by atoms with Crippen LogP contribution >= 0.6 is 0 Å². The van der Waals surface area contributed by atoms with Crippen molar-refractivity contribution in [3.05, 3.63) is 0 Å². The molecule has 0 aromatic heterocycles. The Morgan fingerprint density at radius 3 is 2.04 bits per heavy atom. The largest absolute Gasteiger partial charge is 0.479 e. The van der Waals surface area contributed by atoms with Crippen molar-refractivity contribution in [3.8, 4) is 0 Å². The molecule has 2 heterocycles. The molecule has 2 aliphatic heterocycles. The summed E-state index contributed by atoms with van der Waals surface area (Å²) in [5, 5.41) is 66.9. The van der Waals surface area contributed by atoms with E-state index < -0.39 is 67.4 Å². The van der Waals surface area contributed by atoms with Crippen LogP contribution in [0, 0.1) is 0 Å². The predicted molar refractivity (Wildman–Crippen MR) is 67.8 cm³/mol. The summed E-state index contributed by atoms with van der Waals surface area (Å²) in [6, 6.07) is 0. The van der Waals surface area contributed by atoms with Crippen molar-refractivity contribution in [3.63, 3.8) is 0 Å². The van der Waals surface area contributed by atoms with E-state index in [1.54, 1.807) is 0 Å². The zero-order valence-electron chi connectivity index (χ0n) is 12.0. The standard InChI is InChI=1S/C12H20O11/c1-2-8(5(15)6(16)11(20)21-2)22-12-7(17)3(13)4(14)9(23-12)10(18)19/h2-9,11-17,20H,1H3,(H,18,19)/t2-,3-,4-,5-,6-,7+,8+,9-,11+,12+/m0/s1. The fraction of sp³-hybridized carbons (Fsp3) is 0.917. The summed E-state index contributed by atoms with van der Waals surface area (Å²) >= 11 is 0. The van der Waals surface area contributed by atoms with Gasteiger partial charge in [-0.1, -0.05) is 0 Å². The Bertz CT molecular complexity index is 431. The fourth-order valence-corrected chi connectivity index (χ4v) is 2.53. The molecule has 0 aromatic carbocycles. The monoisotopic (exact) mass is 340 g/mol. The number of carbonyl (C=O) groups is 1. The normalized spacial score (nSPS) is 51.4. The molecule has 2 saturated heterocycles. The molecule has 0 amide bonds. The maximum atomic E-state index is 11.0. The summed E-state index contributed by atoms with van der Waals surface area (Å²) in [6.45, 7) is 1.40. The molecule has 134 valence electrons. The maximum absolute atomic E-state index is 11.0. The molecule has 7 N–H and O–H groups in total. The first-order valence-corrected chi connectivity index (χ1v) is 6.92. The van der Waals surface area contributed by atoms with Gasteiger partial charge in [0.2, 0.25) is 0 Å². The molecule has 0 radical (unpaired) electrons. The zero-order chi connectivity index (χ0) is 17.5. The van der Waals surface area contributed by atoms with E-state index >= 15 is 0 Å². The summed E-state index contributed by atoms with van der Waals surface area (Å²) in [5.41, 5.74) is 0. The number of ether oxygens (including phenoxy) is 3. The minimum absolute atomic E-state index is 0.938. The number of carboxylic acids is 1. The second-order valence-electron chi connectivity index (χ2n) is 5.55. The van der Waals surface area contributed by atoms with Crippen LogP contribution in [0.5, 0.6) is 0 Å². The van der Waals surface area contributed by atoms with Crippen molar-refractivity contribution >= 4 is 5.97 Å². The van der Waals surface area contributed by atoms with E-state index in [0.717, 1.165) is 0 Å². The summed E-state index contributed by atoms with van der Waals surface area (Å²) in [7, 11) is 0. The Labute approximate surface area is 130 Å². The Kier molecular flexibility index (Phi) is 5.56. The lowest BCUT2D eigenvalue weighted by Gasteiger charge is -2.44. The van der Waals surface area contributed by atoms with E-state index in [-0.39, 0.29) is 0 Å². The van der Waals surface area contributed by atoms with E-state index in [9.17, 15) is 35.4 Å². The quantitative estimate of drug-likeness (QED) is 0.263. The van der Waals surface area contributed by atoms with E-state index in [0.29, 0.717) is 0 Å². The molecule has 2 fully saturated rings. The maximum Gasteiger partial charge on any atom is 0.335 e. The van der Waals surface area contributed by atoms with Gasteiger partial charge in [-0.25, -0.2) is 4.79 Å². The average molecular weight is 340 g/mol. The molecule has 2 aliphatic rings. The van der Waals surface area contributed by atoms with Gasteiger partial charge in [0.1, 0.15) is 36.6 Å². The van der Waals surface area contributed by atoms with Crippen LogP contribution < -0.4 is 0 Å². The van der Waals surface area contributed by atoms with Crippen molar-refractivity contribution in [2.45, 2.75) is 68.3 Å². The Morgan fingerprint density at radius 2 is 1.48 bits per heavy atom. The highest BCUT2D eigenvalue weighted by Crippen LogP contribution is 2.28. The summed E-state index contributed by atoms with van der Waals surface area (Å²) in [5.74, 6) is -1.58.